The van der Waals surface area contributed by atoms with E-state index in [1.165, 1.54) is 276 Å². The molecule has 2 atom stereocenters. The van der Waals surface area contributed by atoms with E-state index < -0.39 is 26.5 Å². The Labute approximate surface area is 620 Å². The SMILES string of the molecule is CC/C=C\C/C=C\C/C=C\C/C=C\C/C=C\C/C=C\C/C=C\CCCCCCCCCCCCCCCCCC(=O)OC(COC(=O)CCCCCCCCCCCCCCCCCCCCCCCCCCCCC/C=C\C/C=C\CCCCCCC)COP(=O)([O-])OCC[N+](C)(C)C. The van der Waals surface area contributed by atoms with Gasteiger partial charge in [0.1, 0.15) is 19.8 Å². The minimum Gasteiger partial charge on any atom is -0.756 e. The van der Waals surface area contributed by atoms with Crippen LogP contribution in [0.2, 0.25) is 0 Å². The number of ether oxygens (including phenoxy) is 2. The van der Waals surface area contributed by atoms with Gasteiger partial charge in [0.05, 0.1) is 27.7 Å². The van der Waals surface area contributed by atoms with E-state index in [1.807, 2.05) is 21.1 Å². The van der Waals surface area contributed by atoms with Crippen LogP contribution in [0.1, 0.15) is 399 Å². The Balaban J connectivity index is 3.91. The second kappa shape index (κ2) is 79.8. The predicted molar refractivity (Wildman–Crippen MR) is 434 cm³/mol. The zero-order valence-electron chi connectivity index (χ0n) is 66.4. The average molecular weight is 1420 g/mol. The third kappa shape index (κ3) is 83.6. The highest BCUT2D eigenvalue weighted by molar-refractivity contribution is 7.45. The zero-order valence-corrected chi connectivity index (χ0v) is 67.3. The average Bonchev–Trinajstić information content (AvgIpc) is 1.02. The van der Waals surface area contributed by atoms with Crippen LogP contribution in [0.3, 0.4) is 0 Å². The van der Waals surface area contributed by atoms with Gasteiger partial charge in [0.2, 0.25) is 0 Å². The summed E-state index contributed by atoms with van der Waals surface area (Å²) in [5.41, 5.74) is 0. The normalized spacial score (nSPS) is 13.5. The van der Waals surface area contributed by atoms with Gasteiger partial charge >= 0.3 is 11.9 Å². The molecule has 0 rings (SSSR count). The van der Waals surface area contributed by atoms with Crippen molar-refractivity contribution in [3.8, 4) is 0 Å². The highest BCUT2D eigenvalue weighted by atomic mass is 31.2. The number of allylic oxidation sites excluding steroid dienone is 18. The van der Waals surface area contributed by atoms with Crippen molar-refractivity contribution in [2.45, 2.75) is 405 Å². The first-order chi connectivity index (χ1) is 49.0. The summed E-state index contributed by atoms with van der Waals surface area (Å²) in [6.07, 6.45) is 114. The summed E-state index contributed by atoms with van der Waals surface area (Å²) in [4.78, 5) is 38.2. The number of unbranched alkanes of at least 4 members (excludes halogenated alkanes) is 47. The van der Waals surface area contributed by atoms with E-state index in [2.05, 4.69) is 123 Å². The molecule has 0 aromatic rings. The first kappa shape index (κ1) is 96.7. The molecule has 100 heavy (non-hydrogen) atoms. The Kier molecular flexibility index (Phi) is 77.1. The second-order valence-corrected chi connectivity index (χ2v) is 31.2. The zero-order chi connectivity index (χ0) is 72.5. The fraction of sp³-hybridized carbons (Fsp3) is 0.778. The summed E-state index contributed by atoms with van der Waals surface area (Å²) >= 11 is 0. The fourth-order valence-corrected chi connectivity index (χ4v) is 13.0. The molecule has 0 aromatic carbocycles. The van der Waals surface area contributed by atoms with Gasteiger partial charge in [-0.15, -0.1) is 0 Å². The van der Waals surface area contributed by atoms with Crippen LogP contribution in [-0.4, -0.2) is 70.0 Å². The molecule has 2 unspecified atom stereocenters. The number of nitrogens with zero attached hydrogens (tertiary/aromatic N) is 1. The van der Waals surface area contributed by atoms with Crippen molar-refractivity contribution in [3.05, 3.63) is 109 Å². The lowest BCUT2D eigenvalue weighted by Crippen LogP contribution is -2.37. The van der Waals surface area contributed by atoms with E-state index in [4.69, 9.17) is 18.5 Å². The standard InChI is InChI=1S/C90H162NO8P/c1-6-8-10-12-14-16-18-20-22-24-26-28-30-32-34-36-38-40-42-44-45-47-48-50-52-54-56-58-60-62-64-66-68-70-72-74-76-78-80-82-89(92)96-86-88(87-98-100(94,95)97-85-84-91(3,4)5)99-90(93)83-81-79-77-75-73-71-69-67-65-63-61-59-57-55-53-51-49-46-43-41-39-37-35-33-31-29-27-25-23-21-19-17-15-13-11-9-7-2/h9,11,15,17-18,20-21,23-24,26-27,29,33,35,39,41,46,49,88H,6-8,10,12-14,16,19,22,25,28,30-32,34,36-38,40,42-45,47-48,50-87H2,1-5H3/b11-9-,17-15-,20-18-,23-21-,26-24-,29-27-,35-33-,41-39-,49-46-. The molecular weight excluding hydrogens is 1250 g/mol. The highest BCUT2D eigenvalue weighted by Crippen LogP contribution is 2.38. The molecule has 10 heteroatoms. The highest BCUT2D eigenvalue weighted by Gasteiger charge is 2.22. The quantitative estimate of drug-likeness (QED) is 0.0195. The van der Waals surface area contributed by atoms with Crippen molar-refractivity contribution < 1.29 is 42.1 Å². The molecular formula is C90H162NO8P. The number of rotatable bonds is 79. The number of carbonyl (C=O) groups is 2. The van der Waals surface area contributed by atoms with Crippen LogP contribution < -0.4 is 4.89 Å². The third-order valence-electron chi connectivity index (χ3n) is 18.8. The monoisotopic (exact) mass is 1420 g/mol. The van der Waals surface area contributed by atoms with Gasteiger partial charge in [-0.3, -0.25) is 14.2 Å². The second-order valence-electron chi connectivity index (χ2n) is 29.8. The maximum absolute atomic E-state index is 12.9. The van der Waals surface area contributed by atoms with Crippen LogP contribution in [0, 0.1) is 0 Å². The Hall–Kier alpha value is -3.33. The number of quaternary nitrogens is 1. The summed E-state index contributed by atoms with van der Waals surface area (Å²) in [6.45, 7) is 4.17. The van der Waals surface area contributed by atoms with Crippen molar-refractivity contribution in [3.63, 3.8) is 0 Å². The van der Waals surface area contributed by atoms with E-state index in [0.29, 0.717) is 17.4 Å². The first-order valence-corrected chi connectivity index (χ1v) is 44.1. The van der Waals surface area contributed by atoms with E-state index in [0.717, 1.165) is 89.9 Å². The molecule has 0 spiro atoms. The molecule has 580 valence electrons. The smallest absolute Gasteiger partial charge is 0.306 e. The van der Waals surface area contributed by atoms with Crippen molar-refractivity contribution in [2.24, 2.45) is 0 Å². The van der Waals surface area contributed by atoms with Crippen LogP contribution in [0.5, 0.6) is 0 Å². The largest absolute Gasteiger partial charge is 0.756 e. The molecule has 0 radical (unpaired) electrons. The Bertz CT molecular complexity index is 2060. The number of carbonyl (C=O) groups excluding carboxylic acids is 2. The van der Waals surface area contributed by atoms with Crippen LogP contribution in [0.4, 0.5) is 0 Å². The summed E-state index contributed by atoms with van der Waals surface area (Å²) in [7, 11) is 1.18. The molecule has 0 amide bonds. The summed E-state index contributed by atoms with van der Waals surface area (Å²) in [5, 5.41) is 0. The lowest BCUT2D eigenvalue weighted by atomic mass is 10.0. The van der Waals surface area contributed by atoms with E-state index in [9.17, 15) is 19.0 Å². The van der Waals surface area contributed by atoms with Gasteiger partial charge in [0.15, 0.2) is 6.10 Å². The van der Waals surface area contributed by atoms with Gasteiger partial charge in [-0.2, -0.15) is 0 Å². The van der Waals surface area contributed by atoms with Gasteiger partial charge in [-0.25, -0.2) is 0 Å². The molecule has 0 aliphatic heterocycles. The van der Waals surface area contributed by atoms with Gasteiger partial charge in [-0.1, -0.05) is 393 Å². The van der Waals surface area contributed by atoms with Crippen LogP contribution in [0.15, 0.2) is 109 Å². The molecule has 0 bridgehead atoms. The summed E-state index contributed by atoms with van der Waals surface area (Å²) < 4.78 is 34.5. The molecule has 9 nitrogen and oxygen atoms in total. The van der Waals surface area contributed by atoms with Crippen molar-refractivity contribution in [1.29, 1.82) is 0 Å². The van der Waals surface area contributed by atoms with Crippen molar-refractivity contribution in [2.75, 3.05) is 47.5 Å². The van der Waals surface area contributed by atoms with Crippen LogP contribution in [0.25, 0.3) is 0 Å². The van der Waals surface area contributed by atoms with Crippen LogP contribution >= 0.6 is 7.82 Å². The number of phosphoric acid groups is 1. The van der Waals surface area contributed by atoms with Gasteiger partial charge in [0, 0.05) is 12.8 Å². The van der Waals surface area contributed by atoms with Crippen molar-refractivity contribution >= 4 is 19.8 Å². The van der Waals surface area contributed by atoms with Crippen LogP contribution in [-0.2, 0) is 32.7 Å². The van der Waals surface area contributed by atoms with Gasteiger partial charge in [-0.05, 0) is 103 Å². The predicted octanol–water partition coefficient (Wildman–Crippen LogP) is 28.1. The maximum atomic E-state index is 12.9. The number of likely N-dealkylation sites (N-methyl/N-ethyl adjacent to an activating group) is 1. The van der Waals surface area contributed by atoms with Gasteiger partial charge < -0.3 is 27.9 Å². The number of phosphoric ester groups is 1. The summed E-state index contributed by atoms with van der Waals surface area (Å²) in [5.74, 6) is -0.818. The first-order valence-electron chi connectivity index (χ1n) is 42.6. The molecule has 0 fully saturated rings. The minimum atomic E-state index is -4.65. The molecule has 0 heterocycles. The number of hydrogen-bond donors (Lipinski definition) is 0. The topological polar surface area (TPSA) is 111 Å². The Morgan fingerprint density at radius 3 is 0.850 bits per heavy atom. The lowest BCUT2D eigenvalue weighted by Gasteiger charge is -2.28. The Morgan fingerprint density at radius 1 is 0.320 bits per heavy atom. The molecule has 0 aliphatic rings. The molecule has 0 saturated carbocycles. The number of esters is 2. The number of hydrogen-bond acceptors (Lipinski definition) is 8. The minimum absolute atomic E-state index is 0.0318. The fourth-order valence-electron chi connectivity index (χ4n) is 12.3. The van der Waals surface area contributed by atoms with Gasteiger partial charge in [0.25, 0.3) is 7.82 Å². The molecule has 0 aliphatic carbocycles. The Morgan fingerprint density at radius 2 is 0.570 bits per heavy atom. The lowest BCUT2D eigenvalue weighted by molar-refractivity contribution is -0.870. The van der Waals surface area contributed by atoms with E-state index in [-0.39, 0.29) is 32.0 Å². The van der Waals surface area contributed by atoms with Crippen molar-refractivity contribution in [1.82, 2.24) is 0 Å². The maximum Gasteiger partial charge on any atom is 0.306 e. The van der Waals surface area contributed by atoms with E-state index in [1.54, 1.807) is 0 Å². The summed E-state index contributed by atoms with van der Waals surface area (Å²) in [6, 6.07) is 0. The molecule has 0 saturated heterocycles. The molecule has 0 N–H and O–H groups in total. The van der Waals surface area contributed by atoms with E-state index >= 15 is 0 Å². The molecule has 0 aromatic heterocycles. The third-order valence-corrected chi connectivity index (χ3v) is 19.7.